The lowest BCUT2D eigenvalue weighted by molar-refractivity contribution is -0.133. The monoisotopic (exact) mass is 440 g/mol. The van der Waals surface area contributed by atoms with E-state index in [0.717, 1.165) is 21.7 Å². The first-order valence-electron chi connectivity index (χ1n) is 9.88. The number of para-hydroxylation sites is 1. The first-order chi connectivity index (χ1) is 14.8. The normalized spacial score (nSPS) is 12.2. The van der Waals surface area contributed by atoms with E-state index in [1.165, 1.54) is 25.1 Å². The fraction of sp³-hybridized carbons (Fsp3) is 0.208. The highest BCUT2D eigenvalue weighted by Gasteiger charge is 2.33. The fourth-order valence-corrected chi connectivity index (χ4v) is 4.66. The van der Waals surface area contributed by atoms with Crippen LogP contribution in [0, 0.1) is 5.82 Å². The Morgan fingerprint density at radius 1 is 0.839 bits per heavy atom. The van der Waals surface area contributed by atoms with Gasteiger partial charge in [-0.2, -0.15) is 0 Å². The SMILES string of the molecule is CC(C(=O)N(Cc1ccccc1)Cc1ccccc1)N(c1ccccc1F)S(C)(=O)=O. The minimum Gasteiger partial charge on any atom is -0.332 e. The van der Waals surface area contributed by atoms with Crippen LogP contribution in [0.3, 0.4) is 0 Å². The summed E-state index contributed by atoms with van der Waals surface area (Å²) in [6, 6.07) is 23.3. The molecule has 3 aromatic carbocycles. The van der Waals surface area contributed by atoms with Crippen molar-refractivity contribution in [2.24, 2.45) is 0 Å². The summed E-state index contributed by atoms with van der Waals surface area (Å²) in [6.45, 7) is 2.08. The Bertz CT molecular complexity index is 1080. The third kappa shape index (κ3) is 5.70. The number of carbonyl (C=O) groups is 1. The predicted octanol–water partition coefficient (Wildman–Crippen LogP) is 4.21. The number of sulfonamides is 1. The maximum atomic E-state index is 14.5. The van der Waals surface area contributed by atoms with E-state index in [2.05, 4.69) is 0 Å². The average molecular weight is 441 g/mol. The number of hydrogen-bond acceptors (Lipinski definition) is 3. The van der Waals surface area contributed by atoms with Gasteiger partial charge in [0.1, 0.15) is 11.9 Å². The van der Waals surface area contributed by atoms with Gasteiger partial charge in [-0.1, -0.05) is 72.8 Å². The van der Waals surface area contributed by atoms with E-state index in [9.17, 15) is 17.6 Å². The molecule has 0 saturated heterocycles. The predicted molar refractivity (Wildman–Crippen MR) is 120 cm³/mol. The molecule has 0 heterocycles. The Morgan fingerprint density at radius 3 is 1.74 bits per heavy atom. The third-order valence-electron chi connectivity index (χ3n) is 4.90. The van der Waals surface area contributed by atoms with Gasteiger partial charge >= 0.3 is 0 Å². The van der Waals surface area contributed by atoms with Crippen LogP contribution in [0.2, 0.25) is 0 Å². The Balaban J connectivity index is 1.96. The molecular formula is C24H25FN2O3S. The van der Waals surface area contributed by atoms with Crippen molar-refractivity contribution in [3.63, 3.8) is 0 Å². The van der Waals surface area contributed by atoms with Crippen molar-refractivity contribution in [3.8, 4) is 0 Å². The number of benzene rings is 3. The molecule has 5 nitrogen and oxygen atoms in total. The molecule has 0 N–H and O–H groups in total. The summed E-state index contributed by atoms with van der Waals surface area (Å²) in [5.74, 6) is -1.12. The van der Waals surface area contributed by atoms with Crippen LogP contribution in [-0.4, -0.2) is 31.5 Å². The molecule has 0 aromatic heterocycles. The number of rotatable bonds is 8. The summed E-state index contributed by atoms with van der Waals surface area (Å²) in [5.41, 5.74) is 1.68. The second kappa shape index (κ2) is 9.75. The molecule has 1 atom stereocenters. The van der Waals surface area contributed by atoms with Crippen LogP contribution in [0.25, 0.3) is 0 Å². The molecule has 0 bridgehead atoms. The number of carbonyl (C=O) groups excluding carboxylic acids is 1. The highest BCUT2D eigenvalue weighted by Crippen LogP contribution is 2.25. The van der Waals surface area contributed by atoms with E-state index >= 15 is 0 Å². The van der Waals surface area contributed by atoms with E-state index < -0.39 is 27.8 Å². The smallest absolute Gasteiger partial charge is 0.246 e. The number of hydrogen-bond donors (Lipinski definition) is 0. The van der Waals surface area contributed by atoms with Crippen molar-refractivity contribution in [3.05, 3.63) is 102 Å². The zero-order chi connectivity index (χ0) is 22.4. The molecule has 0 aliphatic carbocycles. The summed E-state index contributed by atoms with van der Waals surface area (Å²) in [7, 11) is -3.92. The summed E-state index contributed by atoms with van der Waals surface area (Å²) >= 11 is 0. The number of anilines is 1. The van der Waals surface area contributed by atoms with Crippen molar-refractivity contribution in [2.75, 3.05) is 10.6 Å². The van der Waals surface area contributed by atoms with Gasteiger partial charge in [-0.05, 0) is 30.2 Å². The second-order valence-electron chi connectivity index (χ2n) is 7.35. The van der Waals surface area contributed by atoms with Crippen molar-refractivity contribution in [2.45, 2.75) is 26.1 Å². The topological polar surface area (TPSA) is 57.7 Å². The number of halogens is 1. The Hall–Kier alpha value is -3.19. The van der Waals surface area contributed by atoms with Crippen LogP contribution < -0.4 is 4.31 Å². The molecule has 0 radical (unpaired) electrons. The quantitative estimate of drug-likeness (QED) is 0.527. The third-order valence-corrected chi connectivity index (χ3v) is 6.13. The molecule has 0 fully saturated rings. The Labute approximate surface area is 182 Å². The minimum absolute atomic E-state index is 0.148. The maximum absolute atomic E-state index is 14.5. The molecule has 3 rings (SSSR count). The van der Waals surface area contributed by atoms with Crippen LogP contribution in [-0.2, 0) is 27.9 Å². The molecule has 0 saturated carbocycles. The van der Waals surface area contributed by atoms with E-state index in [0.29, 0.717) is 13.1 Å². The lowest BCUT2D eigenvalue weighted by Crippen LogP contribution is -2.49. The van der Waals surface area contributed by atoms with Gasteiger partial charge in [0.15, 0.2) is 0 Å². The molecule has 162 valence electrons. The maximum Gasteiger partial charge on any atom is 0.246 e. The van der Waals surface area contributed by atoms with Crippen molar-refractivity contribution >= 4 is 21.6 Å². The molecule has 1 unspecified atom stereocenters. The lowest BCUT2D eigenvalue weighted by Gasteiger charge is -2.33. The first kappa shape index (κ1) is 22.5. The minimum atomic E-state index is -3.92. The molecule has 3 aromatic rings. The van der Waals surface area contributed by atoms with Gasteiger partial charge in [0.05, 0.1) is 11.9 Å². The lowest BCUT2D eigenvalue weighted by atomic mass is 10.1. The number of nitrogens with zero attached hydrogens (tertiary/aromatic N) is 2. The average Bonchev–Trinajstić information content (AvgIpc) is 2.75. The summed E-state index contributed by atoms with van der Waals surface area (Å²) in [6.07, 6.45) is 0.974. The van der Waals surface area contributed by atoms with Gasteiger partial charge in [0.25, 0.3) is 0 Å². The highest BCUT2D eigenvalue weighted by atomic mass is 32.2. The van der Waals surface area contributed by atoms with Crippen molar-refractivity contribution in [1.82, 2.24) is 4.90 Å². The number of amides is 1. The van der Waals surface area contributed by atoms with E-state index in [4.69, 9.17) is 0 Å². The van der Waals surface area contributed by atoms with E-state index in [1.54, 1.807) is 11.0 Å². The van der Waals surface area contributed by atoms with Crippen LogP contribution in [0.5, 0.6) is 0 Å². The Kier molecular flexibility index (Phi) is 7.07. The van der Waals surface area contributed by atoms with Crippen molar-refractivity contribution < 1.29 is 17.6 Å². The van der Waals surface area contributed by atoms with Gasteiger partial charge < -0.3 is 4.90 Å². The van der Waals surface area contributed by atoms with Crippen LogP contribution in [0.1, 0.15) is 18.1 Å². The molecule has 0 spiro atoms. The van der Waals surface area contributed by atoms with Crippen LogP contribution >= 0.6 is 0 Å². The molecule has 1 amide bonds. The van der Waals surface area contributed by atoms with Crippen LogP contribution in [0.4, 0.5) is 10.1 Å². The Morgan fingerprint density at radius 2 is 1.29 bits per heavy atom. The highest BCUT2D eigenvalue weighted by molar-refractivity contribution is 7.92. The molecule has 7 heteroatoms. The first-order valence-corrected chi connectivity index (χ1v) is 11.7. The fourth-order valence-electron chi connectivity index (χ4n) is 3.49. The van der Waals surface area contributed by atoms with Crippen molar-refractivity contribution in [1.29, 1.82) is 0 Å². The van der Waals surface area contributed by atoms with E-state index in [1.807, 2.05) is 60.7 Å². The largest absolute Gasteiger partial charge is 0.332 e. The van der Waals surface area contributed by atoms with Gasteiger partial charge in [0.2, 0.25) is 15.9 Å². The molecular weight excluding hydrogens is 415 g/mol. The second-order valence-corrected chi connectivity index (χ2v) is 9.21. The van der Waals surface area contributed by atoms with Crippen LogP contribution in [0.15, 0.2) is 84.9 Å². The molecule has 0 aliphatic heterocycles. The molecule has 0 aliphatic rings. The van der Waals surface area contributed by atoms with Gasteiger partial charge in [-0.3, -0.25) is 9.10 Å². The van der Waals surface area contributed by atoms with Gasteiger partial charge in [-0.15, -0.1) is 0 Å². The molecule has 31 heavy (non-hydrogen) atoms. The standard InChI is InChI=1S/C24H25FN2O3S/c1-19(27(31(2,29)30)23-16-10-9-15-22(23)25)24(28)26(17-20-11-5-3-6-12-20)18-21-13-7-4-8-14-21/h3-16,19H,17-18H2,1-2H3. The van der Waals surface area contributed by atoms with Gasteiger partial charge in [0, 0.05) is 13.1 Å². The summed E-state index contributed by atoms with van der Waals surface area (Å²) in [5, 5.41) is 0. The zero-order valence-electron chi connectivity index (χ0n) is 17.5. The van der Waals surface area contributed by atoms with Gasteiger partial charge in [-0.25, -0.2) is 12.8 Å². The zero-order valence-corrected chi connectivity index (χ0v) is 18.3. The summed E-state index contributed by atoms with van der Waals surface area (Å²) in [4.78, 5) is 15.1. The van der Waals surface area contributed by atoms with E-state index in [-0.39, 0.29) is 5.69 Å². The summed E-state index contributed by atoms with van der Waals surface area (Å²) < 4.78 is 40.4.